The van der Waals surface area contributed by atoms with Crippen molar-refractivity contribution in [1.29, 1.82) is 0 Å². The van der Waals surface area contributed by atoms with Crippen LogP contribution < -0.4 is 5.32 Å². The van der Waals surface area contributed by atoms with E-state index in [-0.39, 0.29) is 17.7 Å². The maximum Gasteiger partial charge on any atom is 0.307 e. The first-order valence-corrected chi connectivity index (χ1v) is 8.90. The summed E-state index contributed by atoms with van der Waals surface area (Å²) >= 11 is 2.91. The third-order valence-electron chi connectivity index (χ3n) is 4.41. The van der Waals surface area contributed by atoms with E-state index in [4.69, 9.17) is 0 Å². The van der Waals surface area contributed by atoms with Crippen LogP contribution in [0.25, 0.3) is 0 Å². The Balaban J connectivity index is 1.70. The number of hydrogen-bond donors (Lipinski definition) is 2. The molecule has 2 N–H and O–H groups in total. The summed E-state index contributed by atoms with van der Waals surface area (Å²) in [6.45, 7) is 2.02. The Kier molecular flexibility index (Phi) is 4.17. The second-order valence-electron chi connectivity index (χ2n) is 5.52. The molecule has 1 aromatic rings. The Morgan fingerprint density at radius 1 is 1.33 bits per heavy atom. The highest BCUT2D eigenvalue weighted by Crippen LogP contribution is 2.52. The largest absolute Gasteiger partial charge is 0.481 e. The lowest BCUT2D eigenvalue weighted by Gasteiger charge is -2.26. The van der Waals surface area contributed by atoms with E-state index < -0.39 is 17.8 Å². The van der Waals surface area contributed by atoms with E-state index in [1.165, 1.54) is 11.3 Å². The van der Waals surface area contributed by atoms with Crippen LogP contribution in [-0.4, -0.2) is 32.9 Å². The lowest BCUT2D eigenvalue weighted by molar-refractivity contribution is -0.148. The number of aromatic nitrogens is 2. The highest BCUT2D eigenvalue weighted by Gasteiger charge is 2.54. The fourth-order valence-corrected chi connectivity index (χ4v) is 5.31. The quantitative estimate of drug-likeness (QED) is 0.637. The van der Waals surface area contributed by atoms with E-state index in [2.05, 4.69) is 15.5 Å². The molecule has 0 unspecified atom stereocenters. The van der Waals surface area contributed by atoms with Crippen molar-refractivity contribution in [3.05, 3.63) is 0 Å². The van der Waals surface area contributed by atoms with Crippen LogP contribution in [0.15, 0.2) is 4.34 Å². The van der Waals surface area contributed by atoms with Crippen LogP contribution in [0.3, 0.4) is 0 Å². The maximum absolute atomic E-state index is 12.4. The lowest BCUT2D eigenvalue weighted by Crippen LogP contribution is -2.37. The summed E-state index contributed by atoms with van der Waals surface area (Å²) in [6, 6.07) is 0. The predicted molar refractivity (Wildman–Crippen MR) is 80.4 cm³/mol. The minimum atomic E-state index is -0.846. The fraction of sp³-hybridized carbons (Fsp3) is 0.692. The van der Waals surface area contributed by atoms with E-state index in [1.807, 2.05) is 6.92 Å². The van der Waals surface area contributed by atoms with Crippen molar-refractivity contribution in [2.24, 2.45) is 23.7 Å². The molecule has 2 saturated carbocycles. The molecule has 0 radical (unpaired) electrons. The monoisotopic (exact) mass is 327 g/mol. The van der Waals surface area contributed by atoms with Gasteiger partial charge in [-0.3, -0.25) is 9.59 Å². The molecule has 0 aromatic carbocycles. The lowest BCUT2D eigenvalue weighted by atomic mass is 9.79. The molecular formula is C13H17N3O3S2. The second-order valence-corrected chi connectivity index (χ2v) is 8.01. The number of amides is 1. The molecule has 4 atom stereocenters. The summed E-state index contributed by atoms with van der Waals surface area (Å²) in [5.41, 5.74) is 0. The third kappa shape index (κ3) is 2.78. The number of carbonyl (C=O) groups excluding carboxylic acids is 1. The molecule has 114 valence electrons. The molecule has 8 heteroatoms. The van der Waals surface area contributed by atoms with Crippen molar-refractivity contribution in [3.63, 3.8) is 0 Å². The summed E-state index contributed by atoms with van der Waals surface area (Å²) < 4.78 is 0.815. The Morgan fingerprint density at radius 3 is 2.71 bits per heavy atom. The van der Waals surface area contributed by atoms with E-state index in [0.717, 1.165) is 29.4 Å². The molecule has 2 aliphatic carbocycles. The highest BCUT2D eigenvalue weighted by molar-refractivity contribution is 8.01. The minimum Gasteiger partial charge on any atom is -0.481 e. The number of nitrogens with one attached hydrogen (secondary N) is 1. The first-order chi connectivity index (χ1) is 10.1. The standard InChI is InChI=1S/C13H17N3O3S2/c1-2-20-13-16-15-12(21-13)14-10(17)8-6-3-4-7(5-6)9(8)11(18)19/h6-9H,2-5H2,1H3,(H,18,19)(H,14,15,17)/t6-,7-,8-,9-/m0/s1. The molecule has 2 bridgehead atoms. The molecule has 0 aliphatic heterocycles. The van der Waals surface area contributed by atoms with Crippen LogP contribution in [0.4, 0.5) is 5.13 Å². The van der Waals surface area contributed by atoms with Crippen molar-refractivity contribution in [2.45, 2.75) is 30.5 Å². The summed E-state index contributed by atoms with van der Waals surface area (Å²) in [4.78, 5) is 23.9. The van der Waals surface area contributed by atoms with Gasteiger partial charge in [0.1, 0.15) is 0 Å². The van der Waals surface area contributed by atoms with Gasteiger partial charge in [0.25, 0.3) is 0 Å². The van der Waals surface area contributed by atoms with Crippen LogP contribution in [-0.2, 0) is 9.59 Å². The molecule has 1 heterocycles. The minimum absolute atomic E-state index is 0.156. The average Bonchev–Trinajstić information content (AvgIpc) is 3.13. The number of fused-ring (bicyclic) bond motifs is 2. The zero-order valence-electron chi connectivity index (χ0n) is 11.6. The first kappa shape index (κ1) is 14.8. The summed E-state index contributed by atoms with van der Waals surface area (Å²) in [6.07, 6.45) is 2.75. The van der Waals surface area contributed by atoms with Crippen LogP contribution in [0.5, 0.6) is 0 Å². The molecule has 2 fully saturated rings. The van der Waals surface area contributed by atoms with E-state index >= 15 is 0 Å². The number of carboxylic acid groups (broad SMARTS) is 1. The van der Waals surface area contributed by atoms with E-state index in [0.29, 0.717) is 5.13 Å². The van der Waals surface area contributed by atoms with Gasteiger partial charge in [-0.05, 0) is 36.9 Å². The van der Waals surface area contributed by atoms with Crippen LogP contribution >= 0.6 is 23.1 Å². The van der Waals surface area contributed by atoms with E-state index in [1.54, 1.807) is 11.8 Å². The zero-order valence-corrected chi connectivity index (χ0v) is 13.2. The van der Waals surface area contributed by atoms with Crippen molar-refractivity contribution < 1.29 is 14.7 Å². The molecule has 6 nitrogen and oxygen atoms in total. The van der Waals surface area contributed by atoms with Gasteiger partial charge < -0.3 is 10.4 Å². The Hall–Kier alpha value is -1.15. The van der Waals surface area contributed by atoms with Gasteiger partial charge in [-0.25, -0.2) is 0 Å². The highest BCUT2D eigenvalue weighted by atomic mass is 32.2. The van der Waals surface area contributed by atoms with Crippen molar-refractivity contribution >= 4 is 40.1 Å². The number of nitrogens with zero attached hydrogens (tertiary/aromatic N) is 2. The second kappa shape index (κ2) is 5.92. The van der Waals surface area contributed by atoms with E-state index in [9.17, 15) is 14.7 Å². The van der Waals surface area contributed by atoms with Gasteiger partial charge >= 0.3 is 5.97 Å². The Bertz CT molecular complexity index is 563. The summed E-state index contributed by atoms with van der Waals surface area (Å²) in [7, 11) is 0. The average molecular weight is 327 g/mol. The molecule has 21 heavy (non-hydrogen) atoms. The van der Waals surface area contributed by atoms with Gasteiger partial charge in [0.2, 0.25) is 11.0 Å². The number of carboxylic acids is 1. The molecule has 0 spiro atoms. The number of rotatable bonds is 5. The van der Waals surface area contributed by atoms with Gasteiger partial charge in [0.15, 0.2) is 4.34 Å². The Morgan fingerprint density at radius 2 is 2.05 bits per heavy atom. The molecular weight excluding hydrogens is 310 g/mol. The zero-order chi connectivity index (χ0) is 15.0. The summed E-state index contributed by atoms with van der Waals surface area (Å²) in [5.74, 6) is -0.762. The van der Waals surface area contributed by atoms with Gasteiger partial charge in [0, 0.05) is 0 Å². The van der Waals surface area contributed by atoms with Gasteiger partial charge in [0.05, 0.1) is 11.8 Å². The van der Waals surface area contributed by atoms with Crippen molar-refractivity contribution in [1.82, 2.24) is 10.2 Å². The first-order valence-electron chi connectivity index (χ1n) is 7.10. The number of aliphatic carboxylic acids is 1. The number of thioether (sulfide) groups is 1. The predicted octanol–water partition coefficient (Wildman–Crippen LogP) is 2.34. The molecule has 2 aliphatic rings. The van der Waals surface area contributed by atoms with Crippen molar-refractivity contribution in [2.75, 3.05) is 11.1 Å². The van der Waals surface area contributed by atoms with Crippen LogP contribution in [0.1, 0.15) is 26.2 Å². The van der Waals surface area contributed by atoms with Gasteiger partial charge in [-0.15, -0.1) is 10.2 Å². The number of anilines is 1. The van der Waals surface area contributed by atoms with Gasteiger partial charge in [-0.1, -0.05) is 30.0 Å². The van der Waals surface area contributed by atoms with Crippen LogP contribution in [0.2, 0.25) is 0 Å². The van der Waals surface area contributed by atoms with Crippen molar-refractivity contribution in [3.8, 4) is 0 Å². The molecule has 1 amide bonds. The number of carbonyl (C=O) groups is 2. The maximum atomic E-state index is 12.4. The fourth-order valence-electron chi connectivity index (χ4n) is 3.65. The number of hydrogen-bond acceptors (Lipinski definition) is 6. The third-order valence-corrected chi connectivity index (χ3v) is 6.26. The topological polar surface area (TPSA) is 92.2 Å². The normalized spacial score (nSPS) is 30.5. The van der Waals surface area contributed by atoms with Gasteiger partial charge in [-0.2, -0.15) is 0 Å². The SMILES string of the molecule is CCSc1nnc(NC(=O)[C@H]2[C@H]3CC[C@@H](C3)[C@@H]2C(=O)O)s1. The Labute approximate surface area is 130 Å². The van der Waals surface area contributed by atoms with Crippen LogP contribution in [0, 0.1) is 23.7 Å². The molecule has 3 rings (SSSR count). The summed E-state index contributed by atoms with van der Waals surface area (Å²) in [5, 5.41) is 20.5. The molecule has 0 saturated heterocycles. The molecule has 1 aromatic heterocycles. The smallest absolute Gasteiger partial charge is 0.307 e.